The minimum atomic E-state index is -0.749. The molecule has 0 aromatic rings. The van der Waals surface area contributed by atoms with E-state index < -0.39 is 10.8 Å². The smallest absolute Gasteiger partial charge is 0.224 e. The first-order valence-corrected chi connectivity index (χ1v) is 13.8. The number of nitrogens with one attached hydrogen (secondary N) is 2. The van der Waals surface area contributed by atoms with Gasteiger partial charge < -0.3 is 5.32 Å². The van der Waals surface area contributed by atoms with Gasteiger partial charge in [-0.1, -0.05) is 46.0 Å². The fourth-order valence-electron chi connectivity index (χ4n) is 6.30. The van der Waals surface area contributed by atoms with Crippen LogP contribution in [0.25, 0.3) is 0 Å². The van der Waals surface area contributed by atoms with Crippen molar-refractivity contribution in [2.75, 3.05) is 11.5 Å². The number of fused-ring (bicyclic) bond motifs is 1. The van der Waals surface area contributed by atoms with Gasteiger partial charge in [0.05, 0.1) is 0 Å². The molecule has 5 nitrogen and oxygen atoms in total. The van der Waals surface area contributed by atoms with E-state index in [0.717, 1.165) is 30.3 Å². The molecule has 6 unspecified atom stereocenters. The topological polar surface area (TPSA) is 61.4 Å². The van der Waals surface area contributed by atoms with Crippen LogP contribution in [0, 0.1) is 23.7 Å². The molecular formula is C23H41N3O2S. The summed E-state index contributed by atoms with van der Waals surface area (Å²) in [5.41, 5.74) is 3.70. The number of carbonyl (C=O) groups excluding carboxylic acids is 1. The van der Waals surface area contributed by atoms with Crippen molar-refractivity contribution in [2.24, 2.45) is 23.7 Å². The lowest BCUT2D eigenvalue weighted by Crippen LogP contribution is -2.58. The molecular weight excluding hydrogens is 382 g/mol. The number of carbonyl (C=O) groups is 1. The quantitative estimate of drug-likeness (QED) is 0.686. The summed E-state index contributed by atoms with van der Waals surface area (Å²) in [4.78, 5) is 13.2. The summed E-state index contributed by atoms with van der Waals surface area (Å²) in [5, 5.41) is 5.85. The molecule has 4 fully saturated rings. The molecule has 0 aromatic heterocycles. The Balaban J connectivity index is 1.39. The van der Waals surface area contributed by atoms with E-state index in [4.69, 9.17) is 0 Å². The number of rotatable bonds is 6. The van der Waals surface area contributed by atoms with Crippen molar-refractivity contribution >= 4 is 16.7 Å². The first-order chi connectivity index (χ1) is 14.1. The molecule has 166 valence electrons. The van der Waals surface area contributed by atoms with Crippen LogP contribution in [0.2, 0.25) is 0 Å². The Kier molecular flexibility index (Phi) is 7.34. The van der Waals surface area contributed by atoms with Gasteiger partial charge in [-0.25, -0.2) is 10.4 Å². The molecule has 0 bridgehead atoms. The summed E-state index contributed by atoms with van der Waals surface area (Å²) in [6.07, 6.45) is 13.5. The maximum Gasteiger partial charge on any atom is 0.224 e. The van der Waals surface area contributed by atoms with E-state index in [1.54, 1.807) is 0 Å². The highest BCUT2D eigenvalue weighted by atomic mass is 32.2. The van der Waals surface area contributed by atoms with Gasteiger partial charge in [0.2, 0.25) is 5.91 Å². The van der Waals surface area contributed by atoms with Gasteiger partial charge in [-0.3, -0.25) is 9.00 Å². The first-order valence-electron chi connectivity index (χ1n) is 12.3. The molecule has 0 spiro atoms. The Morgan fingerprint density at radius 2 is 1.86 bits per heavy atom. The Labute approximate surface area is 179 Å². The number of nitrogens with zero attached hydrogens (tertiary/aromatic N) is 1. The van der Waals surface area contributed by atoms with E-state index in [0.29, 0.717) is 12.0 Å². The van der Waals surface area contributed by atoms with Crippen LogP contribution in [0.15, 0.2) is 0 Å². The second-order valence-corrected chi connectivity index (χ2v) is 11.8. The number of hydrogen-bond donors (Lipinski definition) is 2. The van der Waals surface area contributed by atoms with Crippen LogP contribution in [0.3, 0.4) is 0 Å². The third kappa shape index (κ3) is 4.90. The molecule has 6 atom stereocenters. The third-order valence-electron chi connectivity index (χ3n) is 8.18. The molecule has 2 saturated heterocycles. The van der Waals surface area contributed by atoms with Crippen molar-refractivity contribution in [1.29, 1.82) is 0 Å². The standard InChI is InChI=1S/C23H41N3O2S/c1-3-4-8-17-10-12-18(13-11-17)23(27)24-22-19-14-29(28)15-20(19)25-26(22)21-9-6-5-7-16(21)2/h16-22,25H,3-15H2,1-2H3,(H,24,27). The molecule has 2 heterocycles. The Hall–Kier alpha value is -0.460. The molecule has 1 amide bonds. The highest BCUT2D eigenvalue weighted by molar-refractivity contribution is 7.85. The van der Waals surface area contributed by atoms with Gasteiger partial charge in [0.25, 0.3) is 0 Å². The molecule has 6 heteroatoms. The maximum atomic E-state index is 13.2. The van der Waals surface area contributed by atoms with E-state index >= 15 is 0 Å². The van der Waals surface area contributed by atoms with Crippen molar-refractivity contribution in [1.82, 2.24) is 15.8 Å². The fraction of sp³-hybridized carbons (Fsp3) is 0.957. The summed E-state index contributed by atoms with van der Waals surface area (Å²) in [7, 11) is -0.749. The molecule has 2 aliphatic heterocycles. The number of unbranched alkanes of at least 4 members (excludes halogenated alkanes) is 1. The highest BCUT2D eigenvalue weighted by Crippen LogP contribution is 2.37. The second kappa shape index (κ2) is 9.78. The lowest BCUT2D eigenvalue weighted by molar-refractivity contribution is -0.129. The summed E-state index contributed by atoms with van der Waals surface area (Å²) >= 11 is 0. The molecule has 4 rings (SSSR count). The van der Waals surface area contributed by atoms with Gasteiger partial charge in [0.1, 0.15) is 6.17 Å². The molecule has 2 aliphatic carbocycles. The van der Waals surface area contributed by atoms with E-state index in [1.807, 2.05) is 0 Å². The zero-order valence-electron chi connectivity index (χ0n) is 18.4. The van der Waals surface area contributed by atoms with Crippen molar-refractivity contribution in [3.8, 4) is 0 Å². The Morgan fingerprint density at radius 1 is 1.10 bits per heavy atom. The van der Waals surface area contributed by atoms with Gasteiger partial charge >= 0.3 is 0 Å². The SMILES string of the molecule is CCCCC1CCC(C(=O)NC2C3CS(=O)CC3NN2C2CCCCC2C)CC1. The monoisotopic (exact) mass is 423 g/mol. The molecule has 4 aliphatic rings. The van der Waals surface area contributed by atoms with Gasteiger partial charge in [-0.2, -0.15) is 0 Å². The molecule has 0 aromatic carbocycles. The predicted molar refractivity (Wildman–Crippen MR) is 118 cm³/mol. The zero-order chi connectivity index (χ0) is 20.4. The normalized spacial score (nSPS) is 43.2. The van der Waals surface area contributed by atoms with Crippen molar-refractivity contribution in [2.45, 2.75) is 103 Å². The van der Waals surface area contributed by atoms with Gasteiger partial charge in [-0.05, 0) is 50.4 Å². The van der Waals surface area contributed by atoms with Crippen molar-refractivity contribution < 1.29 is 9.00 Å². The van der Waals surface area contributed by atoms with E-state index in [9.17, 15) is 9.00 Å². The fourth-order valence-corrected chi connectivity index (χ4v) is 8.01. The highest BCUT2D eigenvalue weighted by Gasteiger charge is 2.50. The van der Waals surface area contributed by atoms with Crippen LogP contribution in [0.5, 0.6) is 0 Å². The minimum absolute atomic E-state index is 0.0160. The largest absolute Gasteiger partial charge is 0.339 e. The minimum Gasteiger partial charge on any atom is -0.339 e. The van der Waals surface area contributed by atoms with E-state index in [2.05, 4.69) is 29.6 Å². The molecule has 2 N–H and O–H groups in total. The van der Waals surface area contributed by atoms with Crippen LogP contribution in [0.4, 0.5) is 0 Å². The summed E-state index contributed by atoms with van der Waals surface area (Å²) < 4.78 is 12.2. The predicted octanol–water partition coefficient (Wildman–Crippen LogP) is 3.57. The van der Waals surface area contributed by atoms with E-state index in [-0.39, 0.29) is 30.0 Å². The summed E-state index contributed by atoms with van der Waals surface area (Å²) in [5.74, 6) is 3.64. The Bertz CT molecular complexity index is 593. The third-order valence-corrected chi connectivity index (χ3v) is 9.67. The van der Waals surface area contributed by atoms with Crippen LogP contribution < -0.4 is 10.7 Å². The summed E-state index contributed by atoms with van der Waals surface area (Å²) in [6.45, 7) is 4.62. The molecule has 29 heavy (non-hydrogen) atoms. The number of hydrogen-bond acceptors (Lipinski definition) is 4. The van der Waals surface area contributed by atoms with Gasteiger partial charge in [0, 0.05) is 46.2 Å². The van der Waals surface area contributed by atoms with Crippen molar-refractivity contribution in [3.05, 3.63) is 0 Å². The first kappa shape index (κ1) is 21.8. The molecule has 0 radical (unpaired) electrons. The number of hydrazine groups is 1. The van der Waals surface area contributed by atoms with Crippen LogP contribution in [0.1, 0.15) is 84.5 Å². The second-order valence-electron chi connectivity index (χ2n) is 10.2. The summed E-state index contributed by atoms with van der Waals surface area (Å²) in [6, 6.07) is 0.748. The van der Waals surface area contributed by atoms with Crippen LogP contribution in [-0.2, 0) is 15.6 Å². The average Bonchev–Trinajstić information content (AvgIpc) is 3.24. The van der Waals surface area contributed by atoms with Gasteiger partial charge in [-0.15, -0.1) is 0 Å². The average molecular weight is 424 g/mol. The van der Waals surface area contributed by atoms with Crippen LogP contribution in [-0.4, -0.2) is 44.9 Å². The van der Waals surface area contributed by atoms with Crippen molar-refractivity contribution in [3.63, 3.8) is 0 Å². The number of amides is 1. The Morgan fingerprint density at radius 3 is 2.59 bits per heavy atom. The van der Waals surface area contributed by atoms with Crippen LogP contribution >= 0.6 is 0 Å². The van der Waals surface area contributed by atoms with Gasteiger partial charge in [0.15, 0.2) is 0 Å². The lowest BCUT2D eigenvalue weighted by atomic mass is 9.79. The molecule has 2 saturated carbocycles. The lowest BCUT2D eigenvalue weighted by Gasteiger charge is -2.40. The zero-order valence-corrected chi connectivity index (χ0v) is 19.2. The maximum absolute atomic E-state index is 13.2. The van der Waals surface area contributed by atoms with E-state index in [1.165, 1.54) is 57.8 Å².